The van der Waals surface area contributed by atoms with Gasteiger partial charge >= 0.3 is 0 Å². The van der Waals surface area contributed by atoms with Crippen molar-refractivity contribution in [1.29, 1.82) is 0 Å². The van der Waals surface area contributed by atoms with Crippen LogP contribution in [0.25, 0.3) is 0 Å². The van der Waals surface area contributed by atoms with Gasteiger partial charge < -0.3 is 10.5 Å². The first-order valence-electron chi connectivity index (χ1n) is 7.38. The summed E-state index contributed by atoms with van der Waals surface area (Å²) in [6.45, 7) is 6.19. The van der Waals surface area contributed by atoms with E-state index in [-0.39, 0.29) is 12.1 Å². The van der Waals surface area contributed by atoms with Crippen LogP contribution in [0.3, 0.4) is 0 Å². The van der Waals surface area contributed by atoms with Gasteiger partial charge in [0.05, 0.1) is 17.1 Å². The highest BCUT2D eigenvalue weighted by molar-refractivity contribution is 7.80. The standard InChI is InChI=1S/C16H24N2OS/c1-12(2)19-14-8-6-7-13(11-14)15(16(17)20)18-9-4-3-5-10-18/h6-8,11-12,15H,3-5,9-10H2,1-2H3,(H2,17,20). The zero-order valence-corrected chi connectivity index (χ0v) is 13.2. The lowest BCUT2D eigenvalue weighted by atomic mass is 10.0. The predicted molar refractivity (Wildman–Crippen MR) is 87.2 cm³/mol. The molecule has 110 valence electrons. The van der Waals surface area contributed by atoms with Crippen LogP contribution in [0, 0.1) is 0 Å². The molecular weight excluding hydrogens is 268 g/mol. The first-order chi connectivity index (χ1) is 9.58. The van der Waals surface area contributed by atoms with Crippen LogP contribution in [0.5, 0.6) is 5.75 Å². The average Bonchev–Trinajstić information content (AvgIpc) is 2.39. The van der Waals surface area contributed by atoms with E-state index in [4.69, 9.17) is 22.7 Å². The van der Waals surface area contributed by atoms with E-state index in [0.717, 1.165) is 24.4 Å². The molecular formula is C16H24N2OS. The normalized spacial score (nSPS) is 17.9. The van der Waals surface area contributed by atoms with E-state index >= 15 is 0 Å². The highest BCUT2D eigenvalue weighted by Gasteiger charge is 2.24. The molecule has 1 aliphatic heterocycles. The molecule has 3 nitrogen and oxygen atoms in total. The van der Waals surface area contributed by atoms with Gasteiger partial charge in [0.1, 0.15) is 5.75 Å². The van der Waals surface area contributed by atoms with Crippen LogP contribution in [0.1, 0.15) is 44.7 Å². The van der Waals surface area contributed by atoms with Gasteiger partial charge in [-0.3, -0.25) is 4.90 Å². The lowest BCUT2D eigenvalue weighted by Crippen LogP contribution is -2.40. The molecule has 1 heterocycles. The first kappa shape index (κ1) is 15.3. The third-order valence-corrected chi connectivity index (χ3v) is 3.79. The number of hydrogen-bond donors (Lipinski definition) is 1. The summed E-state index contributed by atoms with van der Waals surface area (Å²) >= 11 is 5.31. The predicted octanol–water partition coefficient (Wildman–Crippen LogP) is 3.29. The molecule has 0 saturated carbocycles. The molecule has 1 aromatic carbocycles. The molecule has 0 amide bonds. The highest BCUT2D eigenvalue weighted by Crippen LogP contribution is 2.27. The molecule has 0 aliphatic carbocycles. The van der Waals surface area contributed by atoms with Crippen LogP contribution in [0.2, 0.25) is 0 Å². The molecule has 2 N–H and O–H groups in total. The molecule has 0 aromatic heterocycles. The summed E-state index contributed by atoms with van der Waals surface area (Å²) in [7, 11) is 0. The van der Waals surface area contributed by atoms with Crippen molar-refractivity contribution >= 4 is 17.2 Å². The lowest BCUT2D eigenvalue weighted by Gasteiger charge is -2.34. The highest BCUT2D eigenvalue weighted by atomic mass is 32.1. The van der Waals surface area contributed by atoms with Gasteiger partial charge in [-0.1, -0.05) is 30.8 Å². The Morgan fingerprint density at radius 1 is 1.25 bits per heavy atom. The second-order valence-corrected chi connectivity index (χ2v) is 6.11. The van der Waals surface area contributed by atoms with Gasteiger partial charge in [0.15, 0.2) is 0 Å². The number of ether oxygens (including phenoxy) is 1. The van der Waals surface area contributed by atoms with E-state index in [2.05, 4.69) is 17.0 Å². The zero-order chi connectivity index (χ0) is 14.5. The van der Waals surface area contributed by atoms with Crippen molar-refractivity contribution in [3.05, 3.63) is 29.8 Å². The third-order valence-electron chi connectivity index (χ3n) is 3.57. The van der Waals surface area contributed by atoms with Gasteiger partial charge in [0.2, 0.25) is 0 Å². The largest absolute Gasteiger partial charge is 0.491 e. The molecule has 2 rings (SSSR count). The smallest absolute Gasteiger partial charge is 0.120 e. The summed E-state index contributed by atoms with van der Waals surface area (Å²) in [4.78, 5) is 2.94. The summed E-state index contributed by atoms with van der Waals surface area (Å²) in [5.74, 6) is 0.885. The molecule has 0 radical (unpaired) electrons. The Labute approximate surface area is 127 Å². The van der Waals surface area contributed by atoms with Crippen molar-refractivity contribution in [3.8, 4) is 5.75 Å². The SMILES string of the molecule is CC(C)Oc1cccc(C(C(N)=S)N2CCCCC2)c1. The molecule has 1 aromatic rings. The van der Waals surface area contributed by atoms with E-state index in [1.165, 1.54) is 19.3 Å². The lowest BCUT2D eigenvalue weighted by molar-refractivity contribution is 0.202. The van der Waals surface area contributed by atoms with Gasteiger partial charge in [0.25, 0.3) is 0 Å². The Balaban J connectivity index is 2.22. The van der Waals surface area contributed by atoms with Crippen molar-refractivity contribution in [1.82, 2.24) is 4.90 Å². The Hall–Kier alpha value is -1.13. The van der Waals surface area contributed by atoms with Crippen molar-refractivity contribution in [3.63, 3.8) is 0 Å². The molecule has 1 atom stereocenters. The number of hydrogen-bond acceptors (Lipinski definition) is 3. The molecule has 1 unspecified atom stereocenters. The van der Waals surface area contributed by atoms with Crippen LogP contribution < -0.4 is 10.5 Å². The van der Waals surface area contributed by atoms with E-state index in [1.807, 2.05) is 26.0 Å². The van der Waals surface area contributed by atoms with E-state index in [0.29, 0.717) is 4.99 Å². The summed E-state index contributed by atoms with van der Waals surface area (Å²) in [5, 5.41) is 0. The maximum atomic E-state index is 6.00. The molecule has 1 saturated heterocycles. The molecule has 0 spiro atoms. The minimum absolute atomic E-state index is 0.0287. The van der Waals surface area contributed by atoms with Crippen LogP contribution in [-0.4, -0.2) is 29.1 Å². The minimum Gasteiger partial charge on any atom is -0.491 e. The maximum absolute atomic E-state index is 6.00. The molecule has 0 bridgehead atoms. The number of nitrogens with zero attached hydrogens (tertiary/aromatic N) is 1. The summed E-state index contributed by atoms with van der Waals surface area (Å²) < 4.78 is 5.77. The topological polar surface area (TPSA) is 38.5 Å². The summed E-state index contributed by atoms with van der Waals surface area (Å²) in [6.07, 6.45) is 3.92. The van der Waals surface area contributed by atoms with Crippen molar-refractivity contribution in [2.45, 2.75) is 45.3 Å². The van der Waals surface area contributed by atoms with E-state index in [9.17, 15) is 0 Å². The maximum Gasteiger partial charge on any atom is 0.120 e. The molecule has 1 aliphatic rings. The van der Waals surface area contributed by atoms with Crippen molar-refractivity contribution in [2.75, 3.05) is 13.1 Å². The van der Waals surface area contributed by atoms with Gasteiger partial charge in [0, 0.05) is 0 Å². The first-order valence-corrected chi connectivity index (χ1v) is 7.78. The summed E-state index contributed by atoms with van der Waals surface area (Å²) in [5.41, 5.74) is 7.14. The van der Waals surface area contributed by atoms with Gasteiger partial charge in [-0.25, -0.2) is 0 Å². The fourth-order valence-corrected chi connectivity index (χ4v) is 3.05. The minimum atomic E-state index is 0.0287. The monoisotopic (exact) mass is 292 g/mol. The van der Waals surface area contributed by atoms with Crippen LogP contribution in [0.15, 0.2) is 24.3 Å². The van der Waals surface area contributed by atoms with Crippen LogP contribution in [-0.2, 0) is 0 Å². The van der Waals surface area contributed by atoms with Gasteiger partial charge in [-0.05, 0) is 57.5 Å². The van der Waals surface area contributed by atoms with Crippen LogP contribution >= 0.6 is 12.2 Å². The van der Waals surface area contributed by atoms with Crippen molar-refractivity contribution < 1.29 is 4.74 Å². The Kier molecular flexibility index (Phi) is 5.38. The number of thiocarbonyl (C=S) groups is 1. The van der Waals surface area contributed by atoms with E-state index in [1.54, 1.807) is 0 Å². The molecule has 1 fully saturated rings. The average molecular weight is 292 g/mol. The number of nitrogens with two attached hydrogens (primary N) is 1. The fraction of sp³-hybridized carbons (Fsp3) is 0.562. The second kappa shape index (κ2) is 7.04. The fourth-order valence-electron chi connectivity index (χ4n) is 2.76. The Bertz CT molecular complexity index is 456. The van der Waals surface area contributed by atoms with Gasteiger partial charge in [-0.15, -0.1) is 0 Å². The van der Waals surface area contributed by atoms with Crippen molar-refractivity contribution in [2.24, 2.45) is 5.73 Å². The van der Waals surface area contributed by atoms with Crippen LogP contribution in [0.4, 0.5) is 0 Å². The number of rotatable bonds is 5. The molecule has 4 heteroatoms. The molecule has 20 heavy (non-hydrogen) atoms. The third kappa shape index (κ3) is 3.93. The number of benzene rings is 1. The Morgan fingerprint density at radius 2 is 1.95 bits per heavy atom. The summed E-state index contributed by atoms with van der Waals surface area (Å²) in [6, 6.07) is 8.18. The quantitative estimate of drug-likeness (QED) is 0.845. The van der Waals surface area contributed by atoms with Gasteiger partial charge in [-0.2, -0.15) is 0 Å². The number of piperidine rings is 1. The zero-order valence-electron chi connectivity index (χ0n) is 12.3. The Morgan fingerprint density at radius 3 is 2.55 bits per heavy atom. The second-order valence-electron chi connectivity index (χ2n) is 5.64. The number of likely N-dealkylation sites (tertiary alicyclic amines) is 1. The van der Waals surface area contributed by atoms with E-state index < -0.39 is 0 Å².